The van der Waals surface area contributed by atoms with E-state index in [1.54, 1.807) is 0 Å². The van der Waals surface area contributed by atoms with E-state index in [1.165, 1.54) is 30.1 Å². The number of ketones is 1. The monoisotopic (exact) mass is 350 g/mol. The van der Waals surface area contributed by atoms with Gasteiger partial charge in [0.2, 0.25) is 0 Å². The minimum absolute atomic E-state index is 0.0176. The Balaban J connectivity index is 2.19. The van der Waals surface area contributed by atoms with Gasteiger partial charge >= 0.3 is 0 Å². The van der Waals surface area contributed by atoms with E-state index in [9.17, 15) is 18.0 Å². The average molecular weight is 351 g/mol. The maximum absolute atomic E-state index is 14.1. The van der Waals surface area contributed by atoms with Crippen molar-refractivity contribution in [2.45, 2.75) is 0 Å². The second-order valence-corrected chi connectivity index (χ2v) is 5.49. The Morgan fingerprint density at radius 1 is 1.08 bits per heavy atom. The van der Waals surface area contributed by atoms with Crippen LogP contribution in [0.1, 0.15) is 15.9 Å². The lowest BCUT2D eigenvalue weighted by Gasteiger charge is -2.09. The number of aryl methyl sites for hydroxylation is 1. The van der Waals surface area contributed by atoms with E-state index in [2.05, 4.69) is 5.10 Å². The van der Waals surface area contributed by atoms with Crippen molar-refractivity contribution in [3.8, 4) is 11.3 Å². The minimum atomic E-state index is -0.821. The summed E-state index contributed by atoms with van der Waals surface area (Å²) in [5.74, 6) is -2.84. The van der Waals surface area contributed by atoms with Crippen LogP contribution in [-0.4, -0.2) is 15.6 Å². The molecule has 0 atom stereocenters. The van der Waals surface area contributed by atoms with E-state index in [-0.39, 0.29) is 27.4 Å². The fraction of sp³-hybridized carbons (Fsp3) is 0.0588. The highest BCUT2D eigenvalue weighted by Crippen LogP contribution is 2.31. The lowest BCUT2D eigenvalue weighted by Crippen LogP contribution is -2.06. The quantitative estimate of drug-likeness (QED) is 0.657. The van der Waals surface area contributed by atoms with Gasteiger partial charge in [0.25, 0.3) is 0 Å². The summed E-state index contributed by atoms with van der Waals surface area (Å²) in [4.78, 5) is 12.7. The Kier molecular flexibility index (Phi) is 4.15. The van der Waals surface area contributed by atoms with Crippen molar-refractivity contribution in [3.05, 3.63) is 76.2 Å². The van der Waals surface area contributed by atoms with Gasteiger partial charge in [-0.3, -0.25) is 9.48 Å². The van der Waals surface area contributed by atoms with E-state index in [1.807, 2.05) is 0 Å². The van der Waals surface area contributed by atoms with Gasteiger partial charge in [0.05, 0.1) is 28.0 Å². The lowest BCUT2D eigenvalue weighted by molar-refractivity contribution is 0.103. The molecule has 122 valence electrons. The Labute approximate surface area is 140 Å². The molecule has 1 aromatic heterocycles. The number of benzene rings is 2. The zero-order valence-electron chi connectivity index (χ0n) is 12.4. The van der Waals surface area contributed by atoms with Gasteiger partial charge in [-0.1, -0.05) is 17.7 Å². The highest BCUT2D eigenvalue weighted by Gasteiger charge is 2.25. The van der Waals surface area contributed by atoms with Crippen molar-refractivity contribution in [1.29, 1.82) is 0 Å². The van der Waals surface area contributed by atoms with Crippen LogP contribution >= 0.6 is 11.6 Å². The highest BCUT2D eigenvalue weighted by atomic mass is 35.5. The molecule has 0 aliphatic carbocycles. The fourth-order valence-electron chi connectivity index (χ4n) is 2.44. The van der Waals surface area contributed by atoms with Crippen molar-refractivity contribution in [3.63, 3.8) is 0 Å². The summed E-state index contributed by atoms with van der Waals surface area (Å²) in [6.07, 6.45) is 1.20. The maximum Gasteiger partial charge on any atom is 0.198 e. The molecule has 0 radical (unpaired) electrons. The van der Waals surface area contributed by atoms with Crippen molar-refractivity contribution in [2.24, 2.45) is 7.05 Å². The van der Waals surface area contributed by atoms with E-state index in [4.69, 9.17) is 11.6 Å². The molecule has 0 N–H and O–H groups in total. The average Bonchev–Trinajstić information content (AvgIpc) is 2.88. The minimum Gasteiger partial charge on any atom is -0.288 e. The van der Waals surface area contributed by atoms with Crippen molar-refractivity contribution in [1.82, 2.24) is 9.78 Å². The molecular formula is C17H10ClF3N2O. The Morgan fingerprint density at radius 2 is 1.75 bits per heavy atom. The predicted molar refractivity (Wildman–Crippen MR) is 83.4 cm³/mol. The van der Waals surface area contributed by atoms with Crippen LogP contribution in [0.2, 0.25) is 5.02 Å². The van der Waals surface area contributed by atoms with Crippen LogP contribution in [0.3, 0.4) is 0 Å². The number of halogens is 4. The third kappa shape index (κ3) is 2.69. The van der Waals surface area contributed by atoms with Crippen LogP contribution in [0.25, 0.3) is 11.3 Å². The van der Waals surface area contributed by atoms with Gasteiger partial charge in [-0.25, -0.2) is 13.2 Å². The first-order valence-corrected chi connectivity index (χ1v) is 7.24. The topological polar surface area (TPSA) is 34.9 Å². The smallest absolute Gasteiger partial charge is 0.198 e. The fourth-order valence-corrected chi connectivity index (χ4v) is 2.70. The first-order valence-electron chi connectivity index (χ1n) is 6.86. The molecule has 3 nitrogen and oxygen atoms in total. The van der Waals surface area contributed by atoms with Crippen LogP contribution < -0.4 is 0 Å². The standard InChI is InChI=1S/C17H10ClF3N2O/c1-23-16(15-13(20)3-2-4-14(15)21)11(8-22-23)17(24)10-6-5-9(19)7-12(10)18/h2-8H,1H3. The normalized spacial score (nSPS) is 10.9. The zero-order valence-corrected chi connectivity index (χ0v) is 13.1. The summed E-state index contributed by atoms with van der Waals surface area (Å²) < 4.78 is 42.6. The molecule has 0 aliphatic heterocycles. The Hall–Kier alpha value is -2.60. The molecule has 0 bridgehead atoms. The van der Waals surface area contributed by atoms with Gasteiger partial charge < -0.3 is 0 Å². The number of aromatic nitrogens is 2. The molecule has 0 spiro atoms. The van der Waals surface area contributed by atoms with Crippen molar-refractivity contribution >= 4 is 17.4 Å². The number of carbonyl (C=O) groups is 1. The summed E-state index contributed by atoms with van der Waals surface area (Å²) in [5, 5.41) is 3.82. The number of hydrogen-bond donors (Lipinski definition) is 0. The van der Waals surface area contributed by atoms with Gasteiger partial charge in [0.15, 0.2) is 5.78 Å². The van der Waals surface area contributed by atoms with Gasteiger partial charge in [0, 0.05) is 12.6 Å². The molecular weight excluding hydrogens is 341 g/mol. The molecule has 0 unspecified atom stereocenters. The van der Waals surface area contributed by atoms with E-state index >= 15 is 0 Å². The predicted octanol–water partition coefficient (Wildman–Crippen LogP) is 4.39. The zero-order chi connectivity index (χ0) is 17.4. The molecule has 3 rings (SSSR count). The van der Waals surface area contributed by atoms with Crippen molar-refractivity contribution in [2.75, 3.05) is 0 Å². The second kappa shape index (κ2) is 6.13. The Morgan fingerprint density at radius 3 is 2.38 bits per heavy atom. The molecule has 0 saturated carbocycles. The summed E-state index contributed by atoms with van der Waals surface area (Å²) in [7, 11) is 1.46. The molecule has 1 heterocycles. The first kappa shape index (κ1) is 16.3. The van der Waals surface area contributed by atoms with Crippen LogP contribution in [0.5, 0.6) is 0 Å². The van der Waals surface area contributed by atoms with E-state index < -0.39 is 23.2 Å². The first-order chi connectivity index (χ1) is 11.4. The van der Waals surface area contributed by atoms with E-state index in [0.717, 1.165) is 24.3 Å². The Bertz CT molecular complexity index is 933. The molecule has 0 aliphatic rings. The van der Waals surface area contributed by atoms with Crippen molar-refractivity contribution < 1.29 is 18.0 Å². The van der Waals surface area contributed by atoms with Gasteiger partial charge in [-0.2, -0.15) is 5.10 Å². The number of hydrogen-bond acceptors (Lipinski definition) is 2. The van der Waals surface area contributed by atoms with Crippen LogP contribution in [0.15, 0.2) is 42.6 Å². The maximum atomic E-state index is 14.1. The van der Waals surface area contributed by atoms with E-state index in [0.29, 0.717) is 0 Å². The summed E-state index contributed by atoms with van der Waals surface area (Å²) in [6, 6.07) is 6.69. The summed E-state index contributed by atoms with van der Waals surface area (Å²) in [5.41, 5.74) is -0.394. The third-order valence-corrected chi connectivity index (χ3v) is 3.87. The van der Waals surface area contributed by atoms with Crippen LogP contribution in [0.4, 0.5) is 13.2 Å². The lowest BCUT2D eigenvalue weighted by atomic mass is 9.99. The number of rotatable bonds is 3. The van der Waals surface area contributed by atoms with Gasteiger partial charge in [0.1, 0.15) is 17.5 Å². The highest BCUT2D eigenvalue weighted by molar-refractivity contribution is 6.35. The van der Waals surface area contributed by atoms with Crippen LogP contribution in [-0.2, 0) is 7.05 Å². The number of carbonyl (C=O) groups excluding carboxylic acids is 1. The largest absolute Gasteiger partial charge is 0.288 e. The van der Waals surface area contributed by atoms with Gasteiger partial charge in [-0.15, -0.1) is 0 Å². The molecule has 24 heavy (non-hydrogen) atoms. The molecule has 0 saturated heterocycles. The molecule has 2 aromatic carbocycles. The molecule has 0 amide bonds. The second-order valence-electron chi connectivity index (χ2n) is 5.08. The van der Waals surface area contributed by atoms with Gasteiger partial charge in [-0.05, 0) is 30.3 Å². The molecule has 3 aromatic rings. The SMILES string of the molecule is Cn1ncc(C(=O)c2ccc(F)cc2Cl)c1-c1c(F)cccc1F. The van der Waals surface area contributed by atoms with Crippen LogP contribution in [0, 0.1) is 17.5 Å². The molecule has 0 fully saturated rings. The molecule has 7 heteroatoms. The summed E-state index contributed by atoms with van der Waals surface area (Å²) >= 11 is 5.91. The number of nitrogens with zero attached hydrogens (tertiary/aromatic N) is 2. The summed E-state index contributed by atoms with van der Waals surface area (Å²) in [6.45, 7) is 0. The third-order valence-electron chi connectivity index (χ3n) is 3.56.